The lowest BCUT2D eigenvalue weighted by atomic mass is 10.1. The maximum Gasteiger partial charge on any atom is 0.221 e. The maximum absolute atomic E-state index is 13.3. The SMILES string of the molecule is O=C(CCc1nc2cccnc2n1Cc1ccc(F)cc1)NC(CO)c1ccccc1. The highest BCUT2D eigenvalue weighted by Gasteiger charge is 2.16. The first-order valence-electron chi connectivity index (χ1n) is 10.1. The summed E-state index contributed by atoms with van der Waals surface area (Å²) in [5, 5.41) is 12.5. The number of aliphatic hydroxyl groups is 1. The molecule has 2 aromatic carbocycles. The molecule has 2 heterocycles. The van der Waals surface area contributed by atoms with Crippen LogP contribution in [0.25, 0.3) is 11.2 Å². The summed E-state index contributed by atoms with van der Waals surface area (Å²) in [4.78, 5) is 21.7. The molecule has 2 N–H and O–H groups in total. The van der Waals surface area contributed by atoms with E-state index in [0.29, 0.717) is 13.0 Å². The van der Waals surface area contributed by atoms with Crippen LogP contribution in [0.3, 0.4) is 0 Å². The van der Waals surface area contributed by atoms with Crippen LogP contribution in [-0.2, 0) is 17.8 Å². The van der Waals surface area contributed by atoms with E-state index in [1.807, 2.05) is 47.0 Å². The van der Waals surface area contributed by atoms with Crippen LogP contribution in [0.2, 0.25) is 0 Å². The molecule has 1 amide bonds. The number of pyridine rings is 1. The van der Waals surface area contributed by atoms with Crippen LogP contribution in [0.4, 0.5) is 4.39 Å². The summed E-state index contributed by atoms with van der Waals surface area (Å²) in [5.74, 6) is 0.274. The minimum Gasteiger partial charge on any atom is -0.394 e. The van der Waals surface area contributed by atoms with Crippen LogP contribution in [0.5, 0.6) is 0 Å². The van der Waals surface area contributed by atoms with E-state index >= 15 is 0 Å². The molecule has 0 saturated carbocycles. The Morgan fingerprint density at radius 2 is 1.84 bits per heavy atom. The lowest BCUT2D eigenvalue weighted by Gasteiger charge is -2.16. The van der Waals surface area contributed by atoms with Crippen LogP contribution in [0.15, 0.2) is 72.9 Å². The molecule has 0 bridgehead atoms. The Hall–Kier alpha value is -3.58. The molecule has 4 aromatic rings. The van der Waals surface area contributed by atoms with E-state index in [4.69, 9.17) is 0 Å². The van der Waals surface area contributed by atoms with Crippen LogP contribution in [-0.4, -0.2) is 32.2 Å². The van der Waals surface area contributed by atoms with Gasteiger partial charge in [0.05, 0.1) is 19.2 Å². The Bertz CT molecular complexity index is 1160. The van der Waals surface area contributed by atoms with Crippen molar-refractivity contribution in [3.8, 4) is 0 Å². The van der Waals surface area contributed by atoms with Gasteiger partial charge in [0.1, 0.15) is 17.2 Å². The molecule has 1 atom stereocenters. The van der Waals surface area contributed by atoms with Gasteiger partial charge in [0.2, 0.25) is 5.91 Å². The van der Waals surface area contributed by atoms with Gasteiger partial charge in [-0.05, 0) is 35.4 Å². The van der Waals surface area contributed by atoms with Crippen molar-refractivity contribution in [2.24, 2.45) is 0 Å². The molecule has 158 valence electrons. The number of halogens is 1. The van der Waals surface area contributed by atoms with Gasteiger partial charge < -0.3 is 15.0 Å². The van der Waals surface area contributed by atoms with Gasteiger partial charge in [-0.25, -0.2) is 14.4 Å². The normalized spacial score (nSPS) is 12.1. The number of benzene rings is 2. The van der Waals surface area contributed by atoms with Crippen molar-refractivity contribution in [2.75, 3.05) is 6.61 Å². The first kappa shape index (κ1) is 20.7. The predicted molar refractivity (Wildman–Crippen MR) is 116 cm³/mol. The Balaban J connectivity index is 1.50. The summed E-state index contributed by atoms with van der Waals surface area (Å²) < 4.78 is 15.2. The highest BCUT2D eigenvalue weighted by Crippen LogP contribution is 2.18. The number of fused-ring (bicyclic) bond motifs is 1. The molecule has 0 aliphatic heterocycles. The number of nitrogens with zero attached hydrogens (tertiary/aromatic N) is 3. The average Bonchev–Trinajstić information content (AvgIpc) is 3.15. The summed E-state index contributed by atoms with van der Waals surface area (Å²) >= 11 is 0. The highest BCUT2D eigenvalue weighted by molar-refractivity contribution is 5.77. The second-order valence-corrected chi connectivity index (χ2v) is 7.30. The van der Waals surface area contributed by atoms with Gasteiger partial charge >= 0.3 is 0 Å². The third-order valence-corrected chi connectivity index (χ3v) is 5.13. The molecule has 0 saturated heterocycles. The number of nitrogens with one attached hydrogen (secondary N) is 1. The van der Waals surface area contributed by atoms with Gasteiger partial charge in [-0.3, -0.25) is 4.79 Å². The van der Waals surface area contributed by atoms with E-state index in [1.54, 1.807) is 18.3 Å². The molecular formula is C24H23FN4O2. The quantitative estimate of drug-likeness (QED) is 0.460. The molecule has 0 aliphatic carbocycles. The first-order chi connectivity index (χ1) is 15.1. The van der Waals surface area contributed by atoms with Crippen LogP contribution >= 0.6 is 0 Å². The number of amides is 1. The number of carbonyl (C=O) groups excluding carboxylic acids is 1. The van der Waals surface area contributed by atoms with Crippen molar-refractivity contribution < 1.29 is 14.3 Å². The average molecular weight is 418 g/mol. The van der Waals surface area contributed by atoms with E-state index in [0.717, 1.165) is 28.1 Å². The summed E-state index contributed by atoms with van der Waals surface area (Å²) in [6.45, 7) is 0.302. The zero-order valence-corrected chi connectivity index (χ0v) is 16.9. The number of aryl methyl sites for hydroxylation is 1. The van der Waals surface area contributed by atoms with Crippen molar-refractivity contribution in [2.45, 2.75) is 25.4 Å². The largest absolute Gasteiger partial charge is 0.394 e. The Morgan fingerprint density at radius 3 is 2.58 bits per heavy atom. The molecule has 0 radical (unpaired) electrons. The van der Waals surface area contributed by atoms with Gasteiger partial charge in [0.15, 0.2) is 5.65 Å². The number of hydrogen-bond acceptors (Lipinski definition) is 4. The summed E-state index contributed by atoms with van der Waals surface area (Å²) in [6, 6.07) is 18.9. The Morgan fingerprint density at radius 1 is 1.06 bits per heavy atom. The van der Waals surface area contributed by atoms with Crippen molar-refractivity contribution >= 4 is 17.1 Å². The van der Waals surface area contributed by atoms with Gasteiger partial charge in [-0.2, -0.15) is 0 Å². The smallest absolute Gasteiger partial charge is 0.221 e. The summed E-state index contributed by atoms with van der Waals surface area (Å²) in [7, 11) is 0. The number of rotatable bonds is 8. The minimum absolute atomic E-state index is 0.170. The highest BCUT2D eigenvalue weighted by atomic mass is 19.1. The molecule has 1 unspecified atom stereocenters. The van der Waals surface area contributed by atoms with Gasteiger partial charge in [-0.15, -0.1) is 0 Å². The molecule has 0 aliphatic rings. The molecule has 31 heavy (non-hydrogen) atoms. The van der Waals surface area contributed by atoms with E-state index in [-0.39, 0.29) is 24.8 Å². The van der Waals surface area contributed by atoms with Crippen molar-refractivity contribution in [3.05, 3.63) is 95.7 Å². The molecular weight excluding hydrogens is 395 g/mol. The fraction of sp³-hybridized carbons (Fsp3) is 0.208. The summed E-state index contributed by atoms with van der Waals surface area (Å²) in [5.41, 5.74) is 3.24. The number of imidazole rings is 1. The first-order valence-corrected chi connectivity index (χ1v) is 10.1. The van der Waals surface area contributed by atoms with E-state index in [9.17, 15) is 14.3 Å². The zero-order chi connectivity index (χ0) is 21.6. The topological polar surface area (TPSA) is 80.0 Å². The molecule has 6 nitrogen and oxygen atoms in total. The fourth-order valence-electron chi connectivity index (χ4n) is 3.55. The Labute approximate surface area is 179 Å². The standard InChI is InChI=1S/C24H23FN4O2/c25-19-10-8-17(9-11-19)15-29-22(27-20-7-4-14-26-24(20)29)12-13-23(31)28-21(16-30)18-5-2-1-3-6-18/h1-11,14,21,30H,12-13,15-16H2,(H,28,31). The number of aromatic nitrogens is 3. The van der Waals surface area contributed by atoms with Crippen molar-refractivity contribution in [1.82, 2.24) is 19.9 Å². The molecule has 0 spiro atoms. The second kappa shape index (κ2) is 9.49. The van der Waals surface area contributed by atoms with Gasteiger partial charge in [0, 0.05) is 19.0 Å². The molecule has 4 rings (SSSR count). The maximum atomic E-state index is 13.3. The van der Waals surface area contributed by atoms with E-state index in [1.165, 1.54) is 12.1 Å². The number of aliphatic hydroxyl groups excluding tert-OH is 1. The third-order valence-electron chi connectivity index (χ3n) is 5.13. The number of hydrogen-bond donors (Lipinski definition) is 2. The number of carbonyl (C=O) groups is 1. The molecule has 2 aromatic heterocycles. The second-order valence-electron chi connectivity index (χ2n) is 7.30. The van der Waals surface area contributed by atoms with E-state index in [2.05, 4.69) is 15.3 Å². The molecule has 0 fully saturated rings. The zero-order valence-electron chi connectivity index (χ0n) is 16.9. The van der Waals surface area contributed by atoms with Crippen LogP contribution in [0, 0.1) is 5.82 Å². The van der Waals surface area contributed by atoms with Crippen LogP contribution < -0.4 is 5.32 Å². The van der Waals surface area contributed by atoms with Crippen molar-refractivity contribution in [1.29, 1.82) is 0 Å². The monoisotopic (exact) mass is 418 g/mol. The van der Waals surface area contributed by atoms with E-state index < -0.39 is 6.04 Å². The predicted octanol–water partition coefficient (Wildman–Crippen LogP) is 3.40. The third kappa shape index (κ3) is 4.95. The Kier molecular flexibility index (Phi) is 6.33. The fourth-order valence-corrected chi connectivity index (χ4v) is 3.55. The van der Waals surface area contributed by atoms with Gasteiger partial charge in [-0.1, -0.05) is 42.5 Å². The van der Waals surface area contributed by atoms with Crippen LogP contribution in [0.1, 0.15) is 29.4 Å². The van der Waals surface area contributed by atoms with Gasteiger partial charge in [0.25, 0.3) is 0 Å². The molecule has 7 heteroatoms. The minimum atomic E-state index is -0.451. The lowest BCUT2D eigenvalue weighted by Crippen LogP contribution is -2.31. The van der Waals surface area contributed by atoms with Crippen molar-refractivity contribution in [3.63, 3.8) is 0 Å². The summed E-state index contributed by atoms with van der Waals surface area (Å²) in [6.07, 6.45) is 2.33. The lowest BCUT2D eigenvalue weighted by molar-refractivity contribution is -0.122.